The van der Waals surface area contributed by atoms with Gasteiger partial charge in [0.15, 0.2) is 5.82 Å². The highest BCUT2D eigenvalue weighted by Gasteiger charge is 2.42. The summed E-state index contributed by atoms with van der Waals surface area (Å²) in [6, 6.07) is 5.03. The number of carbonyl (C=O) groups excluding carboxylic acids is 2. The second-order valence-corrected chi connectivity index (χ2v) is 10.3. The lowest BCUT2D eigenvalue weighted by atomic mass is 9.86. The van der Waals surface area contributed by atoms with E-state index in [2.05, 4.69) is 15.3 Å². The van der Waals surface area contributed by atoms with Gasteiger partial charge in [0.2, 0.25) is 11.9 Å². The summed E-state index contributed by atoms with van der Waals surface area (Å²) in [5, 5.41) is 2.38. The summed E-state index contributed by atoms with van der Waals surface area (Å²) in [7, 11) is 2.49. The molecule has 0 radical (unpaired) electrons. The number of guanidine groups is 1. The number of ether oxygens (including phenoxy) is 2. The van der Waals surface area contributed by atoms with Crippen LogP contribution in [0.25, 0.3) is 16.7 Å². The quantitative estimate of drug-likeness (QED) is 0.434. The minimum absolute atomic E-state index is 0.177. The molecule has 1 aliphatic rings. The Bertz CT molecular complexity index is 1540. The zero-order chi connectivity index (χ0) is 29.8. The van der Waals surface area contributed by atoms with Crippen molar-refractivity contribution in [2.45, 2.75) is 51.4 Å². The van der Waals surface area contributed by atoms with E-state index in [-0.39, 0.29) is 23.5 Å². The lowest BCUT2D eigenvalue weighted by Crippen LogP contribution is -2.52. The molecular weight excluding hydrogens is 541 g/mol. The molecule has 214 valence electrons. The van der Waals surface area contributed by atoms with E-state index in [1.807, 2.05) is 0 Å². The zero-order valence-corrected chi connectivity index (χ0v) is 22.4. The Labute approximate surface area is 225 Å². The highest BCUT2D eigenvalue weighted by Crippen LogP contribution is 2.42. The second-order valence-electron chi connectivity index (χ2n) is 10.3. The standard InChI is InChI=1S/C26H26F5N5O4/c1-24(2,3)40-23(38)33-21-34-25(4,12-17(37)35(21)5)13-8-7-9-16(19(13)28)36-20-15(32-22(36)39-6)11-10-14(27)18(20)26(29,30)31/h7-11H,12H2,1-6H3,(H,33,34,38)/t25-/m0/s1. The number of amides is 2. The fraction of sp³-hybridized carbons (Fsp3) is 0.385. The van der Waals surface area contributed by atoms with Crippen molar-refractivity contribution < 1.29 is 41.0 Å². The monoisotopic (exact) mass is 567 g/mol. The van der Waals surface area contributed by atoms with Crippen molar-refractivity contribution in [1.82, 2.24) is 19.8 Å². The number of alkyl carbamates (subject to hydrolysis) is 1. The second kappa shape index (κ2) is 9.75. The normalized spacial score (nSPS) is 18.1. The van der Waals surface area contributed by atoms with E-state index in [0.717, 1.165) is 28.7 Å². The van der Waals surface area contributed by atoms with Gasteiger partial charge in [0.1, 0.15) is 17.0 Å². The highest BCUT2D eigenvalue weighted by molar-refractivity contribution is 6.05. The van der Waals surface area contributed by atoms with Gasteiger partial charge in [-0.25, -0.2) is 18.6 Å². The van der Waals surface area contributed by atoms with Gasteiger partial charge in [-0.2, -0.15) is 18.2 Å². The Morgan fingerprint density at radius 3 is 2.40 bits per heavy atom. The molecule has 0 saturated carbocycles. The molecule has 0 fully saturated rings. The van der Waals surface area contributed by atoms with Gasteiger partial charge in [0, 0.05) is 12.6 Å². The third-order valence-corrected chi connectivity index (χ3v) is 6.15. The summed E-state index contributed by atoms with van der Waals surface area (Å²) in [6.45, 7) is 6.35. The van der Waals surface area contributed by atoms with Crippen molar-refractivity contribution in [2.75, 3.05) is 14.2 Å². The average molecular weight is 568 g/mol. The predicted molar refractivity (Wildman–Crippen MR) is 134 cm³/mol. The number of nitrogens with zero attached hydrogens (tertiary/aromatic N) is 4. The molecule has 3 aromatic rings. The van der Waals surface area contributed by atoms with Crippen LogP contribution in [0.15, 0.2) is 35.3 Å². The van der Waals surface area contributed by atoms with E-state index < -0.39 is 63.7 Å². The Hall–Kier alpha value is -4.23. The fourth-order valence-corrected chi connectivity index (χ4v) is 4.40. The molecule has 1 atom stereocenters. The lowest BCUT2D eigenvalue weighted by molar-refractivity contribution is -0.138. The topological polar surface area (TPSA) is 98.1 Å². The number of methoxy groups -OCH3 is 1. The number of imidazole rings is 1. The number of benzene rings is 2. The van der Waals surface area contributed by atoms with Crippen molar-refractivity contribution in [3.63, 3.8) is 0 Å². The van der Waals surface area contributed by atoms with Gasteiger partial charge in [-0.3, -0.25) is 19.6 Å². The molecule has 0 bridgehead atoms. The first-order valence-electron chi connectivity index (χ1n) is 11.9. The minimum Gasteiger partial charge on any atom is -0.468 e. The number of alkyl halides is 3. The van der Waals surface area contributed by atoms with Crippen LogP contribution >= 0.6 is 0 Å². The van der Waals surface area contributed by atoms with Crippen LogP contribution < -0.4 is 10.1 Å². The third kappa shape index (κ3) is 5.17. The number of hydrogen-bond donors (Lipinski definition) is 1. The largest absolute Gasteiger partial charge is 0.468 e. The van der Waals surface area contributed by atoms with Crippen LogP contribution in [0.5, 0.6) is 6.01 Å². The molecule has 0 saturated heterocycles. The summed E-state index contributed by atoms with van der Waals surface area (Å²) in [5.41, 5.74) is -5.75. The van der Waals surface area contributed by atoms with Gasteiger partial charge in [0.05, 0.1) is 35.8 Å². The Morgan fingerprint density at radius 1 is 1.12 bits per heavy atom. The van der Waals surface area contributed by atoms with Crippen LogP contribution in [0.4, 0.5) is 26.7 Å². The molecule has 2 aromatic carbocycles. The van der Waals surface area contributed by atoms with Crippen molar-refractivity contribution >= 4 is 29.0 Å². The molecule has 40 heavy (non-hydrogen) atoms. The van der Waals surface area contributed by atoms with Gasteiger partial charge in [-0.15, -0.1) is 0 Å². The Balaban J connectivity index is 1.91. The first kappa shape index (κ1) is 28.8. The Morgan fingerprint density at radius 2 is 1.80 bits per heavy atom. The van der Waals surface area contributed by atoms with Gasteiger partial charge in [-0.1, -0.05) is 12.1 Å². The van der Waals surface area contributed by atoms with Gasteiger partial charge >= 0.3 is 18.3 Å². The van der Waals surface area contributed by atoms with Crippen molar-refractivity contribution in [2.24, 2.45) is 4.99 Å². The van der Waals surface area contributed by atoms with E-state index in [1.165, 1.54) is 26.1 Å². The summed E-state index contributed by atoms with van der Waals surface area (Å²) >= 11 is 0. The number of aliphatic imine (C=N–C) groups is 1. The maximum Gasteiger partial charge on any atom is 0.421 e. The highest BCUT2D eigenvalue weighted by atomic mass is 19.4. The number of halogens is 5. The molecule has 4 rings (SSSR count). The fourth-order valence-electron chi connectivity index (χ4n) is 4.40. The number of rotatable bonds is 3. The number of nitrogens with one attached hydrogen (secondary N) is 1. The molecule has 2 heterocycles. The van der Waals surface area contributed by atoms with Crippen LogP contribution in [0.3, 0.4) is 0 Å². The van der Waals surface area contributed by atoms with Crippen LogP contribution in [-0.4, -0.2) is 52.2 Å². The summed E-state index contributed by atoms with van der Waals surface area (Å²) in [4.78, 5) is 34.7. The molecule has 0 spiro atoms. The SMILES string of the molecule is COc1nc2ccc(F)c(C(F)(F)F)c2n1-c1cccc([C@]2(C)CC(=O)N(C)C(NC(=O)OC(C)(C)C)=N2)c1F. The maximum absolute atomic E-state index is 16.3. The third-order valence-electron chi connectivity index (χ3n) is 6.15. The van der Waals surface area contributed by atoms with E-state index in [0.29, 0.717) is 6.07 Å². The van der Waals surface area contributed by atoms with E-state index >= 15 is 4.39 Å². The number of hydrogen-bond acceptors (Lipinski definition) is 6. The number of carbonyl (C=O) groups is 2. The summed E-state index contributed by atoms with van der Waals surface area (Å²) in [6.07, 6.45) is -6.38. The predicted octanol–water partition coefficient (Wildman–Crippen LogP) is 5.29. The maximum atomic E-state index is 16.3. The number of aromatic nitrogens is 2. The van der Waals surface area contributed by atoms with Crippen LogP contribution in [0.2, 0.25) is 0 Å². The molecule has 9 nitrogen and oxygen atoms in total. The van der Waals surface area contributed by atoms with E-state index in [4.69, 9.17) is 9.47 Å². The van der Waals surface area contributed by atoms with Gasteiger partial charge in [0.25, 0.3) is 0 Å². The summed E-state index contributed by atoms with van der Waals surface area (Å²) in [5.74, 6) is -3.38. The molecule has 1 aliphatic heterocycles. The zero-order valence-electron chi connectivity index (χ0n) is 22.4. The molecular formula is C26H26F5N5O4. The first-order chi connectivity index (χ1) is 18.5. The van der Waals surface area contributed by atoms with E-state index in [9.17, 15) is 27.2 Å². The van der Waals surface area contributed by atoms with Gasteiger partial charge in [-0.05, 0) is 45.9 Å². The van der Waals surface area contributed by atoms with E-state index in [1.54, 1.807) is 20.8 Å². The summed E-state index contributed by atoms with van der Waals surface area (Å²) < 4.78 is 83.6. The lowest BCUT2D eigenvalue weighted by Gasteiger charge is -2.35. The number of fused-ring (bicyclic) bond motifs is 1. The molecule has 2 amide bonds. The Kier molecular flexibility index (Phi) is 7.01. The van der Waals surface area contributed by atoms with Crippen molar-refractivity contribution in [3.8, 4) is 11.7 Å². The van der Waals surface area contributed by atoms with Crippen LogP contribution in [-0.2, 0) is 21.2 Å². The smallest absolute Gasteiger partial charge is 0.421 e. The molecule has 0 aliphatic carbocycles. The van der Waals surface area contributed by atoms with Crippen molar-refractivity contribution in [3.05, 3.63) is 53.1 Å². The van der Waals surface area contributed by atoms with Gasteiger partial charge < -0.3 is 9.47 Å². The van der Waals surface area contributed by atoms with Crippen molar-refractivity contribution in [1.29, 1.82) is 0 Å². The molecule has 14 heteroatoms. The molecule has 1 aromatic heterocycles. The molecule has 0 unspecified atom stereocenters. The molecule has 1 N–H and O–H groups in total. The van der Waals surface area contributed by atoms with Crippen LogP contribution in [0, 0.1) is 11.6 Å². The minimum atomic E-state index is -5.14. The average Bonchev–Trinajstić information content (AvgIpc) is 3.18. The van der Waals surface area contributed by atoms with Crippen LogP contribution in [0.1, 0.15) is 45.2 Å². The first-order valence-corrected chi connectivity index (χ1v) is 11.9.